The predicted molar refractivity (Wildman–Crippen MR) is 89.7 cm³/mol. The fourth-order valence-electron chi connectivity index (χ4n) is 2.43. The summed E-state index contributed by atoms with van der Waals surface area (Å²) in [5.41, 5.74) is 0.0154. The number of benzene rings is 2. The molecule has 0 saturated heterocycles. The van der Waals surface area contributed by atoms with E-state index < -0.39 is 23.1 Å². The van der Waals surface area contributed by atoms with Crippen molar-refractivity contribution in [2.45, 2.75) is 20.0 Å². The lowest BCUT2D eigenvalue weighted by Crippen LogP contribution is -2.28. The number of fused-ring (bicyclic) bond motifs is 1. The Morgan fingerprint density at radius 2 is 1.79 bits per heavy atom. The molecule has 5 nitrogen and oxygen atoms in total. The molecule has 1 heterocycles. The molecule has 0 amide bonds. The van der Waals surface area contributed by atoms with Crippen molar-refractivity contribution in [3.8, 4) is 11.5 Å². The SMILES string of the molecule is Cc1ccc(OC(C)C(=O)c2c(O)c3ccccc3oc2=O)cc1. The molecular weight excluding hydrogens is 308 g/mol. The normalized spacial score (nSPS) is 12.1. The van der Waals surface area contributed by atoms with E-state index in [-0.39, 0.29) is 11.3 Å². The zero-order valence-electron chi connectivity index (χ0n) is 13.3. The van der Waals surface area contributed by atoms with Gasteiger partial charge in [-0.1, -0.05) is 29.8 Å². The number of carbonyl (C=O) groups is 1. The van der Waals surface area contributed by atoms with Crippen LogP contribution in [0.25, 0.3) is 11.0 Å². The molecule has 0 saturated carbocycles. The van der Waals surface area contributed by atoms with Crippen LogP contribution in [0.5, 0.6) is 11.5 Å². The minimum absolute atomic E-state index is 0.226. The lowest BCUT2D eigenvalue weighted by molar-refractivity contribution is 0.0811. The van der Waals surface area contributed by atoms with E-state index in [2.05, 4.69) is 0 Å². The number of rotatable bonds is 4. The molecule has 1 unspecified atom stereocenters. The number of ketones is 1. The van der Waals surface area contributed by atoms with Gasteiger partial charge in [-0.25, -0.2) is 4.79 Å². The fraction of sp³-hybridized carbons (Fsp3) is 0.158. The van der Waals surface area contributed by atoms with Crippen molar-refractivity contribution in [3.63, 3.8) is 0 Å². The van der Waals surface area contributed by atoms with Gasteiger partial charge in [0.15, 0.2) is 6.10 Å². The molecule has 0 bridgehead atoms. The second-order valence-corrected chi connectivity index (χ2v) is 5.55. The molecule has 0 aliphatic heterocycles. The monoisotopic (exact) mass is 324 g/mol. The summed E-state index contributed by atoms with van der Waals surface area (Å²) in [6.07, 6.45) is -0.942. The van der Waals surface area contributed by atoms with E-state index >= 15 is 0 Å². The number of aromatic hydroxyl groups is 1. The summed E-state index contributed by atoms with van der Waals surface area (Å²) in [7, 11) is 0. The van der Waals surface area contributed by atoms with Gasteiger partial charge in [-0.2, -0.15) is 0 Å². The van der Waals surface area contributed by atoms with E-state index in [1.54, 1.807) is 36.4 Å². The largest absolute Gasteiger partial charge is 0.506 e. The molecule has 0 radical (unpaired) electrons. The van der Waals surface area contributed by atoms with E-state index in [1.807, 2.05) is 19.1 Å². The summed E-state index contributed by atoms with van der Waals surface area (Å²) in [6.45, 7) is 3.47. The molecule has 1 aromatic heterocycles. The Bertz CT molecular complexity index is 954. The summed E-state index contributed by atoms with van der Waals surface area (Å²) in [5.74, 6) is -0.509. The molecule has 24 heavy (non-hydrogen) atoms. The Kier molecular flexibility index (Phi) is 4.08. The molecule has 0 spiro atoms. The lowest BCUT2D eigenvalue weighted by atomic mass is 10.1. The van der Waals surface area contributed by atoms with Crippen LogP contribution in [-0.2, 0) is 0 Å². The number of hydrogen-bond acceptors (Lipinski definition) is 5. The van der Waals surface area contributed by atoms with Crippen LogP contribution >= 0.6 is 0 Å². The molecular formula is C19H16O5. The Hall–Kier alpha value is -3.08. The maximum atomic E-state index is 12.6. The third kappa shape index (κ3) is 2.88. The molecule has 1 N–H and O–H groups in total. The van der Waals surface area contributed by atoms with Gasteiger partial charge in [0.25, 0.3) is 0 Å². The van der Waals surface area contributed by atoms with Crippen LogP contribution < -0.4 is 10.4 Å². The van der Waals surface area contributed by atoms with Crippen LogP contribution in [0.15, 0.2) is 57.7 Å². The van der Waals surface area contributed by atoms with Crippen LogP contribution in [0.4, 0.5) is 0 Å². The smallest absolute Gasteiger partial charge is 0.351 e. The number of carbonyl (C=O) groups excluding carboxylic acids is 1. The molecule has 3 aromatic rings. The highest BCUT2D eigenvalue weighted by Gasteiger charge is 2.26. The Morgan fingerprint density at radius 1 is 1.12 bits per heavy atom. The molecule has 5 heteroatoms. The first kappa shape index (κ1) is 15.8. The molecule has 122 valence electrons. The van der Waals surface area contributed by atoms with Crippen molar-refractivity contribution >= 4 is 16.8 Å². The van der Waals surface area contributed by atoms with Gasteiger partial charge in [-0.05, 0) is 38.1 Å². The maximum Gasteiger partial charge on any atom is 0.351 e. The van der Waals surface area contributed by atoms with Crippen molar-refractivity contribution in [2.75, 3.05) is 0 Å². The Morgan fingerprint density at radius 3 is 2.50 bits per heavy atom. The summed E-state index contributed by atoms with van der Waals surface area (Å²) < 4.78 is 10.7. The predicted octanol–water partition coefficient (Wildman–Crippen LogP) is 3.46. The number of aryl methyl sites for hydroxylation is 1. The number of Topliss-reactive ketones (excluding diaryl/α,β-unsaturated/α-hetero) is 1. The second kappa shape index (κ2) is 6.20. The van der Waals surface area contributed by atoms with Crippen molar-refractivity contribution in [2.24, 2.45) is 0 Å². The van der Waals surface area contributed by atoms with Gasteiger partial charge >= 0.3 is 5.63 Å². The number of para-hydroxylation sites is 1. The molecule has 2 aromatic carbocycles. The first-order valence-corrected chi connectivity index (χ1v) is 7.49. The topological polar surface area (TPSA) is 76.7 Å². The summed E-state index contributed by atoms with van der Waals surface area (Å²) in [5, 5.41) is 10.6. The standard InChI is InChI=1S/C19H16O5/c1-11-7-9-13(10-8-11)23-12(2)17(20)16-18(21)14-5-3-4-6-15(14)24-19(16)22/h3-10,12,21H,1-2H3. The van der Waals surface area contributed by atoms with Crippen LogP contribution in [0.2, 0.25) is 0 Å². The molecule has 0 aliphatic rings. The second-order valence-electron chi connectivity index (χ2n) is 5.55. The van der Waals surface area contributed by atoms with Gasteiger partial charge in [0, 0.05) is 0 Å². The minimum atomic E-state index is -0.942. The fourth-order valence-corrected chi connectivity index (χ4v) is 2.43. The molecule has 1 atom stereocenters. The number of ether oxygens (including phenoxy) is 1. The highest BCUT2D eigenvalue weighted by Crippen LogP contribution is 2.27. The van der Waals surface area contributed by atoms with Crippen molar-refractivity contribution in [3.05, 3.63) is 70.1 Å². The highest BCUT2D eigenvalue weighted by atomic mass is 16.5. The third-order valence-electron chi connectivity index (χ3n) is 3.74. The van der Waals surface area contributed by atoms with E-state index in [9.17, 15) is 14.7 Å². The highest BCUT2D eigenvalue weighted by molar-refractivity contribution is 6.05. The van der Waals surface area contributed by atoms with Gasteiger partial charge in [0.1, 0.15) is 22.6 Å². The average molecular weight is 324 g/mol. The van der Waals surface area contributed by atoms with E-state index in [4.69, 9.17) is 9.15 Å². The van der Waals surface area contributed by atoms with Crippen molar-refractivity contribution in [1.82, 2.24) is 0 Å². The van der Waals surface area contributed by atoms with Crippen LogP contribution in [-0.4, -0.2) is 17.0 Å². The molecule has 0 aliphatic carbocycles. The molecule has 3 rings (SSSR count). The maximum absolute atomic E-state index is 12.6. The van der Waals surface area contributed by atoms with Gasteiger partial charge in [-0.3, -0.25) is 4.79 Å². The van der Waals surface area contributed by atoms with E-state index in [1.165, 1.54) is 6.92 Å². The quantitative estimate of drug-likeness (QED) is 0.587. The summed E-state index contributed by atoms with van der Waals surface area (Å²) in [6, 6.07) is 13.7. The van der Waals surface area contributed by atoms with Gasteiger partial charge < -0.3 is 14.3 Å². The van der Waals surface area contributed by atoms with Crippen molar-refractivity contribution < 1.29 is 19.1 Å². The third-order valence-corrected chi connectivity index (χ3v) is 3.74. The average Bonchev–Trinajstić information content (AvgIpc) is 2.56. The van der Waals surface area contributed by atoms with Crippen LogP contribution in [0, 0.1) is 6.92 Å². The van der Waals surface area contributed by atoms with Gasteiger partial charge in [-0.15, -0.1) is 0 Å². The minimum Gasteiger partial charge on any atom is -0.506 e. The number of hydrogen-bond donors (Lipinski definition) is 1. The lowest BCUT2D eigenvalue weighted by Gasteiger charge is -2.14. The Labute approximate surface area is 138 Å². The van der Waals surface area contributed by atoms with Crippen LogP contribution in [0.3, 0.4) is 0 Å². The first-order chi connectivity index (χ1) is 11.5. The van der Waals surface area contributed by atoms with Gasteiger partial charge in [0.2, 0.25) is 5.78 Å². The summed E-state index contributed by atoms with van der Waals surface area (Å²) in [4.78, 5) is 24.7. The first-order valence-electron chi connectivity index (χ1n) is 7.49. The van der Waals surface area contributed by atoms with Gasteiger partial charge in [0.05, 0.1) is 5.39 Å². The van der Waals surface area contributed by atoms with E-state index in [0.29, 0.717) is 11.1 Å². The van der Waals surface area contributed by atoms with Crippen molar-refractivity contribution in [1.29, 1.82) is 0 Å². The van der Waals surface area contributed by atoms with Crippen LogP contribution in [0.1, 0.15) is 22.8 Å². The van der Waals surface area contributed by atoms with E-state index in [0.717, 1.165) is 5.56 Å². The molecule has 0 fully saturated rings. The zero-order chi connectivity index (χ0) is 17.3. The summed E-state index contributed by atoms with van der Waals surface area (Å²) >= 11 is 0. The zero-order valence-corrected chi connectivity index (χ0v) is 13.3. The Balaban J connectivity index is 1.96.